The summed E-state index contributed by atoms with van der Waals surface area (Å²) >= 11 is 3.03. The summed E-state index contributed by atoms with van der Waals surface area (Å²) in [5.41, 5.74) is 6.83. The molecule has 1 aromatic carbocycles. The number of nitrogens with one attached hydrogen (secondary N) is 1. The van der Waals surface area contributed by atoms with Crippen molar-refractivity contribution in [3.8, 4) is 0 Å². The maximum Gasteiger partial charge on any atom is 0.342 e. The first kappa shape index (κ1) is 22.9. The van der Waals surface area contributed by atoms with Gasteiger partial charge in [-0.15, -0.1) is 23.5 Å². The number of rotatable bonds is 8. The molecule has 162 valence electrons. The third-order valence-corrected chi connectivity index (χ3v) is 7.83. The van der Waals surface area contributed by atoms with Gasteiger partial charge in [-0.3, -0.25) is 14.5 Å². The Hall–Kier alpha value is -1.75. The SMILES string of the molecule is C[Si](C)(C)OC(=O)C1=C(SCCN)CS[C@H]2[C@H](NC(=O)Cc3ccccc3)C(=O)N12. The Balaban J connectivity index is 1.74. The Morgan fingerprint density at radius 2 is 2.00 bits per heavy atom. The highest BCUT2D eigenvalue weighted by Crippen LogP contribution is 2.43. The van der Waals surface area contributed by atoms with Crippen LogP contribution in [0.1, 0.15) is 5.56 Å². The minimum absolute atomic E-state index is 0.208. The largest absolute Gasteiger partial charge is 0.515 e. The molecular weight excluding hydrogens is 438 g/mol. The van der Waals surface area contributed by atoms with Crippen LogP contribution >= 0.6 is 23.5 Å². The summed E-state index contributed by atoms with van der Waals surface area (Å²) in [7, 11) is -2.13. The van der Waals surface area contributed by atoms with Gasteiger partial charge in [0.05, 0.1) is 6.42 Å². The van der Waals surface area contributed by atoms with Gasteiger partial charge in [0, 0.05) is 23.0 Å². The zero-order valence-corrected chi connectivity index (χ0v) is 20.0. The first-order chi connectivity index (χ1) is 14.2. The van der Waals surface area contributed by atoms with E-state index < -0.39 is 20.3 Å². The van der Waals surface area contributed by atoms with Crippen LogP contribution in [0, 0.1) is 0 Å². The smallest absolute Gasteiger partial charge is 0.342 e. The summed E-state index contributed by atoms with van der Waals surface area (Å²) in [5.74, 6) is 0.297. The predicted molar refractivity (Wildman–Crippen MR) is 123 cm³/mol. The van der Waals surface area contributed by atoms with Crippen molar-refractivity contribution < 1.29 is 18.8 Å². The monoisotopic (exact) mass is 465 g/mol. The van der Waals surface area contributed by atoms with Crippen molar-refractivity contribution in [3.05, 3.63) is 46.5 Å². The molecule has 2 heterocycles. The van der Waals surface area contributed by atoms with Crippen LogP contribution in [-0.4, -0.2) is 60.5 Å². The van der Waals surface area contributed by atoms with E-state index in [4.69, 9.17) is 10.2 Å². The topological polar surface area (TPSA) is 102 Å². The van der Waals surface area contributed by atoms with Crippen molar-refractivity contribution in [2.45, 2.75) is 37.5 Å². The fraction of sp³-hybridized carbons (Fsp3) is 0.450. The third kappa shape index (κ3) is 5.29. The molecule has 1 saturated heterocycles. The molecule has 0 radical (unpaired) electrons. The lowest BCUT2D eigenvalue weighted by atomic mass is 10.0. The molecule has 2 amide bonds. The van der Waals surface area contributed by atoms with Crippen molar-refractivity contribution in [1.82, 2.24) is 10.2 Å². The molecule has 3 N–H and O–H groups in total. The number of fused-ring (bicyclic) bond motifs is 1. The van der Waals surface area contributed by atoms with Gasteiger partial charge in [-0.25, -0.2) is 4.79 Å². The minimum Gasteiger partial charge on any atom is -0.515 e. The average Bonchev–Trinajstić information content (AvgIpc) is 2.69. The molecule has 1 fully saturated rings. The van der Waals surface area contributed by atoms with Gasteiger partial charge in [-0.1, -0.05) is 30.3 Å². The molecule has 7 nitrogen and oxygen atoms in total. The molecule has 1 aromatic rings. The van der Waals surface area contributed by atoms with E-state index >= 15 is 0 Å². The third-order valence-electron chi connectivity index (χ3n) is 4.44. The van der Waals surface area contributed by atoms with Crippen LogP contribution in [0.3, 0.4) is 0 Å². The highest BCUT2D eigenvalue weighted by Gasteiger charge is 2.54. The van der Waals surface area contributed by atoms with Crippen molar-refractivity contribution in [3.63, 3.8) is 0 Å². The van der Waals surface area contributed by atoms with Crippen LogP contribution in [0.25, 0.3) is 0 Å². The van der Waals surface area contributed by atoms with Gasteiger partial charge < -0.3 is 15.5 Å². The molecule has 0 saturated carbocycles. The summed E-state index contributed by atoms with van der Waals surface area (Å²) < 4.78 is 5.69. The Morgan fingerprint density at radius 3 is 2.63 bits per heavy atom. The highest BCUT2D eigenvalue weighted by molar-refractivity contribution is 8.06. The van der Waals surface area contributed by atoms with Gasteiger partial charge in [0.15, 0.2) is 0 Å². The van der Waals surface area contributed by atoms with Crippen molar-refractivity contribution >= 4 is 49.6 Å². The van der Waals surface area contributed by atoms with E-state index in [1.807, 2.05) is 50.0 Å². The number of hydrogen-bond acceptors (Lipinski definition) is 7. The standard InChI is InChI=1S/C20H27N3O4S2Si/c1-30(2,3)27-20(26)17-14(28-10-9-21)12-29-19-16(18(25)23(17)19)22-15(24)11-13-7-5-4-6-8-13/h4-8,16,19H,9-12,21H2,1-3H3,(H,22,24)/t16-,19+/m1/s1. The van der Waals surface area contributed by atoms with Gasteiger partial charge in [-0.2, -0.15) is 0 Å². The molecule has 0 bridgehead atoms. The number of β-lactam (4-membered cyclic amide) rings is 1. The molecule has 2 aliphatic rings. The average molecular weight is 466 g/mol. The zero-order valence-electron chi connectivity index (χ0n) is 17.3. The van der Waals surface area contributed by atoms with Gasteiger partial charge >= 0.3 is 5.97 Å². The van der Waals surface area contributed by atoms with Gasteiger partial charge in [-0.05, 0) is 25.2 Å². The summed E-state index contributed by atoms with van der Waals surface area (Å²) in [6.07, 6.45) is 0.208. The zero-order chi connectivity index (χ0) is 21.9. The van der Waals surface area contributed by atoms with Crippen molar-refractivity contribution in [2.24, 2.45) is 5.73 Å². The minimum atomic E-state index is -2.13. The molecule has 10 heteroatoms. The van der Waals surface area contributed by atoms with E-state index in [0.29, 0.717) is 23.7 Å². The number of benzene rings is 1. The Kier molecular flexibility index (Phi) is 7.33. The second-order valence-electron chi connectivity index (χ2n) is 8.03. The fourth-order valence-corrected chi connectivity index (χ4v) is 6.27. The number of nitrogens with zero attached hydrogens (tertiary/aromatic N) is 1. The van der Waals surface area contributed by atoms with E-state index in [2.05, 4.69) is 5.32 Å². The van der Waals surface area contributed by atoms with Crippen LogP contribution in [0.5, 0.6) is 0 Å². The van der Waals surface area contributed by atoms with Gasteiger partial charge in [0.25, 0.3) is 5.91 Å². The summed E-state index contributed by atoms with van der Waals surface area (Å²) in [4.78, 5) is 40.6. The molecule has 0 unspecified atom stereocenters. The Morgan fingerprint density at radius 1 is 1.30 bits per heavy atom. The number of nitrogens with two attached hydrogens (primary N) is 1. The number of carbonyl (C=O) groups is 3. The molecule has 3 rings (SSSR count). The van der Waals surface area contributed by atoms with E-state index in [9.17, 15) is 14.4 Å². The van der Waals surface area contributed by atoms with Crippen LogP contribution < -0.4 is 11.1 Å². The fourth-order valence-electron chi connectivity index (χ4n) is 3.21. The van der Waals surface area contributed by atoms with Crippen LogP contribution in [0.4, 0.5) is 0 Å². The normalized spacial score (nSPS) is 21.1. The molecule has 2 aliphatic heterocycles. The van der Waals surface area contributed by atoms with Gasteiger partial charge in [0.2, 0.25) is 14.2 Å². The number of thioether (sulfide) groups is 2. The molecule has 0 aromatic heterocycles. The quantitative estimate of drug-likeness (QED) is 0.447. The number of carbonyl (C=O) groups excluding carboxylic acids is 3. The lowest BCUT2D eigenvalue weighted by Gasteiger charge is -2.49. The molecule has 30 heavy (non-hydrogen) atoms. The second kappa shape index (κ2) is 9.59. The van der Waals surface area contributed by atoms with E-state index in [1.165, 1.54) is 16.7 Å². The highest BCUT2D eigenvalue weighted by atomic mass is 32.2. The molecule has 2 atom stereocenters. The second-order valence-corrected chi connectivity index (χ2v) is 14.8. The number of amides is 2. The maximum absolute atomic E-state index is 12.9. The molecule has 0 spiro atoms. The van der Waals surface area contributed by atoms with E-state index in [0.717, 1.165) is 10.5 Å². The lowest BCUT2D eigenvalue weighted by molar-refractivity contribution is -0.150. The van der Waals surface area contributed by atoms with Crippen LogP contribution in [0.2, 0.25) is 19.6 Å². The first-order valence-electron chi connectivity index (χ1n) is 9.78. The maximum atomic E-state index is 12.9. The summed E-state index contributed by atoms with van der Waals surface area (Å²) in [5, 5.41) is 2.53. The Labute approximate surface area is 186 Å². The lowest BCUT2D eigenvalue weighted by Crippen LogP contribution is -2.70. The van der Waals surface area contributed by atoms with Crippen LogP contribution in [-0.2, 0) is 25.2 Å². The van der Waals surface area contributed by atoms with E-state index in [-0.39, 0.29) is 23.6 Å². The van der Waals surface area contributed by atoms with Crippen molar-refractivity contribution in [2.75, 3.05) is 18.1 Å². The van der Waals surface area contributed by atoms with E-state index in [1.54, 1.807) is 11.8 Å². The number of hydrogen-bond donors (Lipinski definition) is 2. The Bertz CT molecular complexity index is 857. The van der Waals surface area contributed by atoms with Gasteiger partial charge in [0.1, 0.15) is 17.1 Å². The summed E-state index contributed by atoms with van der Waals surface area (Å²) in [6, 6.07) is 8.74. The predicted octanol–water partition coefficient (Wildman–Crippen LogP) is 1.91. The van der Waals surface area contributed by atoms with Crippen molar-refractivity contribution in [1.29, 1.82) is 0 Å². The van der Waals surface area contributed by atoms with Crippen LogP contribution in [0.15, 0.2) is 40.9 Å². The summed E-state index contributed by atoms with van der Waals surface area (Å²) in [6.45, 7) is 6.26. The molecule has 0 aliphatic carbocycles. The molecular formula is C20H27N3O4S2Si. The first-order valence-corrected chi connectivity index (χ1v) is 15.2.